The number of rotatable bonds is 5. The molecule has 1 amide bonds. The summed E-state index contributed by atoms with van der Waals surface area (Å²) >= 11 is 0. The van der Waals surface area contributed by atoms with Gasteiger partial charge in [0, 0.05) is 37.0 Å². The van der Waals surface area contributed by atoms with Crippen LogP contribution < -0.4 is 10.1 Å². The Hall–Kier alpha value is -3.64. The number of amides is 1. The molecule has 1 aliphatic heterocycles. The normalized spacial score (nSPS) is 15.0. The zero-order chi connectivity index (χ0) is 22.8. The van der Waals surface area contributed by atoms with E-state index in [4.69, 9.17) is 4.74 Å². The van der Waals surface area contributed by atoms with Crippen molar-refractivity contribution in [3.8, 4) is 17.0 Å². The predicted molar refractivity (Wildman–Crippen MR) is 132 cm³/mol. The van der Waals surface area contributed by atoms with Crippen molar-refractivity contribution in [3.05, 3.63) is 78.8 Å². The lowest BCUT2D eigenvalue weighted by Crippen LogP contribution is -2.35. The number of nitrogens with zero attached hydrogens (tertiary/aromatic N) is 3. The lowest BCUT2D eigenvalue weighted by atomic mass is 10.0. The maximum Gasteiger partial charge on any atom is 0.255 e. The van der Waals surface area contributed by atoms with Crippen LogP contribution in [0.4, 0.5) is 5.69 Å². The third-order valence-electron chi connectivity index (χ3n) is 6.28. The number of likely N-dealkylation sites (tertiary alicyclic amines) is 1. The first-order valence-electron chi connectivity index (χ1n) is 11.3. The number of aromatic nitrogens is 2. The molecule has 2 heterocycles. The van der Waals surface area contributed by atoms with Crippen LogP contribution in [0.1, 0.15) is 23.2 Å². The van der Waals surface area contributed by atoms with Crippen LogP contribution in [-0.4, -0.2) is 46.6 Å². The second-order valence-corrected chi connectivity index (χ2v) is 8.77. The molecular weight excluding hydrogens is 412 g/mol. The van der Waals surface area contributed by atoms with E-state index >= 15 is 0 Å². The van der Waals surface area contributed by atoms with Crippen molar-refractivity contribution in [1.82, 2.24) is 14.5 Å². The number of hydrogen-bond acceptors (Lipinski definition) is 4. The summed E-state index contributed by atoms with van der Waals surface area (Å²) in [5, 5.41) is 5.21. The molecular formula is C27H28N4O2. The fourth-order valence-electron chi connectivity index (χ4n) is 4.33. The summed E-state index contributed by atoms with van der Waals surface area (Å²) < 4.78 is 8.14. The van der Waals surface area contributed by atoms with E-state index in [1.807, 2.05) is 60.3 Å². The zero-order valence-corrected chi connectivity index (χ0v) is 19.0. The van der Waals surface area contributed by atoms with E-state index in [2.05, 4.69) is 40.4 Å². The maximum absolute atomic E-state index is 13.0. The number of fused-ring (bicyclic) bond motifs is 1. The number of nitrogens with one attached hydrogen (secondary N) is 1. The van der Waals surface area contributed by atoms with Gasteiger partial charge in [0.1, 0.15) is 11.9 Å². The lowest BCUT2D eigenvalue weighted by Gasteiger charge is -2.29. The van der Waals surface area contributed by atoms with Gasteiger partial charge in [-0.2, -0.15) is 0 Å². The quantitative estimate of drug-likeness (QED) is 0.476. The van der Waals surface area contributed by atoms with E-state index in [1.54, 1.807) is 6.33 Å². The zero-order valence-electron chi connectivity index (χ0n) is 19.0. The Morgan fingerprint density at radius 1 is 1.00 bits per heavy atom. The third kappa shape index (κ3) is 4.76. The summed E-state index contributed by atoms with van der Waals surface area (Å²) in [5.74, 6) is 0.600. The first kappa shape index (κ1) is 21.2. The molecule has 0 saturated carbocycles. The molecule has 168 valence electrons. The average molecular weight is 441 g/mol. The summed E-state index contributed by atoms with van der Waals surface area (Å²) in [5.41, 5.74) is 3.48. The Labute approximate surface area is 193 Å². The van der Waals surface area contributed by atoms with Crippen molar-refractivity contribution < 1.29 is 9.53 Å². The number of carbonyl (C=O) groups is 1. The highest BCUT2D eigenvalue weighted by atomic mass is 16.5. The minimum absolute atomic E-state index is 0.147. The summed E-state index contributed by atoms with van der Waals surface area (Å²) in [6, 6.07) is 19.7. The number of piperidine rings is 1. The fourth-order valence-corrected chi connectivity index (χ4v) is 4.33. The van der Waals surface area contributed by atoms with E-state index in [0.717, 1.165) is 59.4 Å². The van der Waals surface area contributed by atoms with Crippen LogP contribution in [0, 0.1) is 0 Å². The summed E-state index contributed by atoms with van der Waals surface area (Å²) in [6.45, 7) is 2.07. The largest absolute Gasteiger partial charge is 0.490 e. The summed E-state index contributed by atoms with van der Waals surface area (Å²) in [6.07, 6.45) is 5.86. The predicted octanol–water partition coefficient (Wildman–Crippen LogP) is 4.97. The maximum atomic E-state index is 13.0. The highest BCUT2D eigenvalue weighted by Gasteiger charge is 2.18. The van der Waals surface area contributed by atoms with Crippen LogP contribution in [0.15, 0.2) is 73.2 Å². The van der Waals surface area contributed by atoms with E-state index in [-0.39, 0.29) is 12.0 Å². The Kier molecular flexibility index (Phi) is 5.84. The minimum atomic E-state index is -0.147. The second-order valence-electron chi connectivity index (χ2n) is 8.77. The lowest BCUT2D eigenvalue weighted by molar-refractivity contribution is 0.102. The Morgan fingerprint density at radius 3 is 2.61 bits per heavy atom. The van der Waals surface area contributed by atoms with Crippen molar-refractivity contribution >= 4 is 22.4 Å². The van der Waals surface area contributed by atoms with Gasteiger partial charge in [-0.25, -0.2) is 4.98 Å². The van der Waals surface area contributed by atoms with Gasteiger partial charge in [0.25, 0.3) is 5.91 Å². The van der Waals surface area contributed by atoms with Crippen molar-refractivity contribution in [1.29, 1.82) is 0 Å². The molecule has 0 unspecified atom stereocenters. The number of imidazole rings is 1. The van der Waals surface area contributed by atoms with Gasteiger partial charge in [-0.05, 0) is 67.1 Å². The molecule has 0 bridgehead atoms. The number of hydrogen-bond donors (Lipinski definition) is 1. The minimum Gasteiger partial charge on any atom is -0.490 e. The van der Waals surface area contributed by atoms with Crippen LogP contribution in [0.5, 0.6) is 5.75 Å². The van der Waals surface area contributed by atoms with Gasteiger partial charge < -0.3 is 19.5 Å². The van der Waals surface area contributed by atoms with E-state index < -0.39 is 0 Å². The van der Waals surface area contributed by atoms with Crippen LogP contribution in [0.25, 0.3) is 22.0 Å². The molecule has 0 aliphatic carbocycles. The molecule has 1 aromatic heterocycles. The van der Waals surface area contributed by atoms with Crippen LogP contribution in [0.3, 0.4) is 0 Å². The van der Waals surface area contributed by atoms with Crippen LogP contribution >= 0.6 is 0 Å². The van der Waals surface area contributed by atoms with E-state index in [0.29, 0.717) is 5.56 Å². The molecule has 4 aromatic rings. The van der Waals surface area contributed by atoms with Gasteiger partial charge in [0.15, 0.2) is 0 Å². The number of anilines is 1. The van der Waals surface area contributed by atoms with Gasteiger partial charge in [0.05, 0.1) is 18.2 Å². The number of aryl methyl sites for hydroxylation is 1. The summed E-state index contributed by atoms with van der Waals surface area (Å²) in [4.78, 5) is 19.5. The van der Waals surface area contributed by atoms with E-state index in [1.165, 1.54) is 0 Å². The topological polar surface area (TPSA) is 59.4 Å². The molecule has 5 rings (SSSR count). The standard InChI is InChI=1S/C27H28N4O2/c1-30-12-10-24(11-13-30)33-25-5-3-4-21(16-25)27(32)29-23-9-8-19-6-7-20(14-22(19)15-23)26-17-28-18-31(26)2/h3-9,14-18,24H,10-13H2,1-2H3,(H,29,32). The van der Waals surface area contributed by atoms with Crippen molar-refractivity contribution in [2.24, 2.45) is 7.05 Å². The highest BCUT2D eigenvalue weighted by molar-refractivity contribution is 6.05. The second kappa shape index (κ2) is 9.08. The first-order chi connectivity index (χ1) is 16.0. The Morgan fingerprint density at radius 2 is 1.82 bits per heavy atom. The van der Waals surface area contributed by atoms with Crippen molar-refractivity contribution in [2.75, 3.05) is 25.5 Å². The smallest absolute Gasteiger partial charge is 0.255 e. The monoisotopic (exact) mass is 440 g/mol. The van der Waals surface area contributed by atoms with Gasteiger partial charge in [0.2, 0.25) is 0 Å². The number of benzene rings is 3. The highest BCUT2D eigenvalue weighted by Crippen LogP contribution is 2.27. The molecule has 3 aromatic carbocycles. The van der Waals surface area contributed by atoms with Gasteiger partial charge in [-0.1, -0.05) is 24.3 Å². The van der Waals surface area contributed by atoms with Crippen LogP contribution in [-0.2, 0) is 7.05 Å². The average Bonchev–Trinajstić information content (AvgIpc) is 3.26. The van der Waals surface area contributed by atoms with Gasteiger partial charge in [-0.3, -0.25) is 4.79 Å². The number of ether oxygens (including phenoxy) is 1. The van der Waals surface area contributed by atoms with Crippen LogP contribution in [0.2, 0.25) is 0 Å². The molecule has 1 N–H and O–H groups in total. The van der Waals surface area contributed by atoms with Crippen molar-refractivity contribution in [3.63, 3.8) is 0 Å². The van der Waals surface area contributed by atoms with E-state index in [9.17, 15) is 4.79 Å². The summed E-state index contributed by atoms with van der Waals surface area (Å²) in [7, 11) is 4.11. The first-order valence-corrected chi connectivity index (χ1v) is 11.3. The number of carbonyl (C=O) groups excluding carboxylic acids is 1. The molecule has 0 spiro atoms. The van der Waals surface area contributed by atoms with Gasteiger partial charge in [-0.15, -0.1) is 0 Å². The van der Waals surface area contributed by atoms with Gasteiger partial charge >= 0.3 is 0 Å². The van der Waals surface area contributed by atoms with Crippen molar-refractivity contribution in [2.45, 2.75) is 18.9 Å². The molecule has 6 heteroatoms. The molecule has 33 heavy (non-hydrogen) atoms. The molecule has 6 nitrogen and oxygen atoms in total. The molecule has 1 aliphatic rings. The Bertz CT molecular complexity index is 1290. The fraction of sp³-hybridized carbons (Fsp3) is 0.259. The SMILES string of the molecule is CN1CCC(Oc2cccc(C(=O)Nc3ccc4ccc(-c5cncn5C)cc4c3)c2)CC1. The molecule has 1 fully saturated rings. The molecule has 0 atom stereocenters. The molecule has 1 saturated heterocycles. The third-order valence-corrected chi connectivity index (χ3v) is 6.28. The Balaban J connectivity index is 1.32. The molecule has 0 radical (unpaired) electrons.